The monoisotopic (exact) mass is 198 g/mol. The highest BCUT2D eigenvalue weighted by molar-refractivity contribution is 5.90. The Morgan fingerprint density at radius 3 is 2.57 bits per heavy atom. The molecule has 0 aromatic rings. The van der Waals surface area contributed by atoms with Crippen molar-refractivity contribution in [3.8, 4) is 0 Å². The van der Waals surface area contributed by atoms with Crippen LogP contribution in [-0.4, -0.2) is 25.4 Å². The molecule has 1 saturated heterocycles. The lowest BCUT2D eigenvalue weighted by molar-refractivity contribution is -0.136. The SMILES string of the molecule is CCC1(C)CNCCC(C)(CN)C1=O. The first-order valence-electron chi connectivity index (χ1n) is 5.44. The van der Waals surface area contributed by atoms with Crippen LogP contribution in [0, 0.1) is 10.8 Å². The van der Waals surface area contributed by atoms with Gasteiger partial charge in [0.05, 0.1) is 0 Å². The molecule has 0 bridgehead atoms. The number of ketones is 1. The molecule has 0 aromatic carbocycles. The Hall–Kier alpha value is -0.410. The van der Waals surface area contributed by atoms with Gasteiger partial charge >= 0.3 is 0 Å². The van der Waals surface area contributed by atoms with Gasteiger partial charge in [0, 0.05) is 23.9 Å². The Balaban J connectivity index is 2.96. The van der Waals surface area contributed by atoms with Gasteiger partial charge < -0.3 is 11.1 Å². The summed E-state index contributed by atoms with van der Waals surface area (Å²) in [6.07, 6.45) is 1.74. The lowest BCUT2D eigenvalue weighted by atomic mass is 9.70. The molecule has 82 valence electrons. The van der Waals surface area contributed by atoms with E-state index >= 15 is 0 Å². The molecular weight excluding hydrogens is 176 g/mol. The van der Waals surface area contributed by atoms with Crippen LogP contribution >= 0.6 is 0 Å². The molecule has 14 heavy (non-hydrogen) atoms. The molecule has 3 nitrogen and oxygen atoms in total. The summed E-state index contributed by atoms with van der Waals surface area (Å²) in [6.45, 7) is 8.26. The van der Waals surface area contributed by atoms with E-state index in [0.717, 1.165) is 25.9 Å². The summed E-state index contributed by atoms with van der Waals surface area (Å²) in [7, 11) is 0. The second-order valence-electron chi connectivity index (χ2n) is 4.93. The third kappa shape index (κ3) is 1.84. The number of hydrogen-bond acceptors (Lipinski definition) is 3. The Bertz CT molecular complexity index is 207. The molecule has 1 aliphatic rings. The number of carbonyl (C=O) groups is 1. The second-order valence-corrected chi connectivity index (χ2v) is 4.93. The quantitative estimate of drug-likeness (QED) is 0.694. The summed E-state index contributed by atoms with van der Waals surface area (Å²) in [5.41, 5.74) is 5.17. The van der Waals surface area contributed by atoms with E-state index in [9.17, 15) is 4.79 Å². The van der Waals surface area contributed by atoms with Gasteiger partial charge in [-0.2, -0.15) is 0 Å². The molecule has 0 spiro atoms. The van der Waals surface area contributed by atoms with Crippen LogP contribution < -0.4 is 11.1 Å². The van der Waals surface area contributed by atoms with Crippen molar-refractivity contribution in [3.63, 3.8) is 0 Å². The van der Waals surface area contributed by atoms with Gasteiger partial charge in [-0.3, -0.25) is 4.79 Å². The van der Waals surface area contributed by atoms with E-state index in [1.165, 1.54) is 0 Å². The first-order valence-corrected chi connectivity index (χ1v) is 5.44. The fourth-order valence-corrected chi connectivity index (χ4v) is 2.13. The summed E-state index contributed by atoms with van der Waals surface area (Å²) in [5.74, 6) is 0.333. The maximum absolute atomic E-state index is 12.3. The number of Topliss-reactive ketones (excluding diaryl/α,β-unsaturated/α-hetero) is 1. The van der Waals surface area contributed by atoms with Crippen LogP contribution in [0.3, 0.4) is 0 Å². The van der Waals surface area contributed by atoms with Crippen LogP contribution in [0.15, 0.2) is 0 Å². The number of rotatable bonds is 2. The van der Waals surface area contributed by atoms with Crippen LogP contribution in [0.25, 0.3) is 0 Å². The van der Waals surface area contributed by atoms with E-state index < -0.39 is 0 Å². The molecule has 2 atom stereocenters. The van der Waals surface area contributed by atoms with Crippen LogP contribution in [-0.2, 0) is 4.79 Å². The Morgan fingerprint density at radius 2 is 2.07 bits per heavy atom. The fourth-order valence-electron chi connectivity index (χ4n) is 2.13. The minimum atomic E-state index is -0.325. The van der Waals surface area contributed by atoms with Crippen LogP contribution in [0.5, 0.6) is 0 Å². The molecule has 3 heteroatoms. The maximum atomic E-state index is 12.3. The number of nitrogens with two attached hydrogens (primary N) is 1. The summed E-state index contributed by atoms with van der Waals surface area (Å²) in [5, 5.41) is 3.33. The van der Waals surface area contributed by atoms with Crippen molar-refractivity contribution in [2.45, 2.75) is 33.6 Å². The van der Waals surface area contributed by atoms with E-state index in [1.54, 1.807) is 0 Å². The molecular formula is C11H22N2O. The molecule has 2 unspecified atom stereocenters. The van der Waals surface area contributed by atoms with Crippen molar-refractivity contribution in [1.29, 1.82) is 0 Å². The zero-order chi connectivity index (χ0) is 10.8. The summed E-state index contributed by atoms with van der Waals surface area (Å²) in [4.78, 5) is 12.3. The second kappa shape index (κ2) is 3.99. The van der Waals surface area contributed by atoms with Gasteiger partial charge in [-0.05, 0) is 19.4 Å². The molecule has 0 aliphatic carbocycles. The molecule has 1 rings (SSSR count). The van der Waals surface area contributed by atoms with Gasteiger partial charge in [-0.15, -0.1) is 0 Å². The topological polar surface area (TPSA) is 55.1 Å². The van der Waals surface area contributed by atoms with Gasteiger partial charge in [0.25, 0.3) is 0 Å². The van der Waals surface area contributed by atoms with E-state index in [2.05, 4.69) is 12.2 Å². The molecule has 1 heterocycles. The average molecular weight is 198 g/mol. The number of carbonyl (C=O) groups excluding carboxylic acids is 1. The number of nitrogens with one attached hydrogen (secondary N) is 1. The first-order chi connectivity index (χ1) is 6.48. The smallest absolute Gasteiger partial charge is 0.147 e. The van der Waals surface area contributed by atoms with Crippen LogP contribution in [0.4, 0.5) is 0 Å². The highest BCUT2D eigenvalue weighted by atomic mass is 16.1. The predicted molar refractivity (Wildman–Crippen MR) is 58.1 cm³/mol. The van der Waals surface area contributed by atoms with Crippen molar-refractivity contribution in [1.82, 2.24) is 5.32 Å². The lowest BCUT2D eigenvalue weighted by Crippen LogP contribution is -2.45. The maximum Gasteiger partial charge on any atom is 0.147 e. The largest absolute Gasteiger partial charge is 0.329 e. The molecule has 1 fully saturated rings. The van der Waals surface area contributed by atoms with Gasteiger partial charge in [0.2, 0.25) is 0 Å². The van der Waals surface area contributed by atoms with Crippen molar-refractivity contribution >= 4 is 5.78 Å². The van der Waals surface area contributed by atoms with Crippen molar-refractivity contribution in [3.05, 3.63) is 0 Å². The standard InChI is InChI=1S/C11H22N2O/c1-4-10(2)8-13-6-5-11(3,7-12)9(10)14/h13H,4-8,12H2,1-3H3. The summed E-state index contributed by atoms with van der Waals surface area (Å²) in [6, 6.07) is 0. The van der Waals surface area contributed by atoms with E-state index in [-0.39, 0.29) is 10.8 Å². The average Bonchev–Trinajstić information content (AvgIpc) is 2.32. The van der Waals surface area contributed by atoms with Gasteiger partial charge in [0.1, 0.15) is 5.78 Å². The molecule has 3 N–H and O–H groups in total. The van der Waals surface area contributed by atoms with E-state index in [4.69, 9.17) is 5.73 Å². The fraction of sp³-hybridized carbons (Fsp3) is 0.909. The van der Waals surface area contributed by atoms with E-state index in [0.29, 0.717) is 12.3 Å². The van der Waals surface area contributed by atoms with Gasteiger partial charge in [-0.25, -0.2) is 0 Å². The highest BCUT2D eigenvalue weighted by Gasteiger charge is 2.44. The lowest BCUT2D eigenvalue weighted by Gasteiger charge is -2.33. The predicted octanol–water partition coefficient (Wildman–Crippen LogP) is 0.930. The van der Waals surface area contributed by atoms with Gasteiger partial charge in [-0.1, -0.05) is 20.8 Å². The van der Waals surface area contributed by atoms with Gasteiger partial charge in [0.15, 0.2) is 0 Å². The van der Waals surface area contributed by atoms with E-state index in [1.807, 2.05) is 13.8 Å². The van der Waals surface area contributed by atoms with Crippen LogP contribution in [0.1, 0.15) is 33.6 Å². The Morgan fingerprint density at radius 1 is 1.43 bits per heavy atom. The third-order valence-electron chi connectivity index (χ3n) is 3.70. The number of hydrogen-bond donors (Lipinski definition) is 2. The molecule has 0 amide bonds. The minimum absolute atomic E-state index is 0.232. The van der Waals surface area contributed by atoms with Crippen LogP contribution in [0.2, 0.25) is 0 Å². The molecule has 0 saturated carbocycles. The Kier molecular flexibility index (Phi) is 3.32. The zero-order valence-corrected chi connectivity index (χ0v) is 9.52. The first kappa shape index (κ1) is 11.7. The van der Waals surface area contributed by atoms with Crippen molar-refractivity contribution < 1.29 is 4.79 Å². The molecule has 0 radical (unpaired) electrons. The zero-order valence-electron chi connectivity index (χ0n) is 9.52. The van der Waals surface area contributed by atoms with Crippen molar-refractivity contribution in [2.24, 2.45) is 16.6 Å². The highest BCUT2D eigenvalue weighted by Crippen LogP contribution is 2.35. The summed E-state index contributed by atoms with van der Waals surface area (Å²) >= 11 is 0. The molecule has 1 aliphatic heterocycles. The summed E-state index contributed by atoms with van der Waals surface area (Å²) < 4.78 is 0. The van der Waals surface area contributed by atoms with Crippen molar-refractivity contribution in [2.75, 3.05) is 19.6 Å². The third-order valence-corrected chi connectivity index (χ3v) is 3.70. The normalized spacial score (nSPS) is 39.6. The Labute approximate surface area is 86.4 Å². The minimum Gasteiger partial charge on any atom is -0.329 e. The molecule has 0 aromatic heterocycles.